The molecule has 0 bridgehead atoms. The van der Waals surface area contributed by atoms with Gasteiger partial charge >= 0.3 is 0 Å². The predicted molar refractivity (Wildman–Crippen MR) is 67.2 cm³/mol. The first-order chi connectivity index (χ1) is 7.36. The van der Waals surface area contributed by atoms with Gasteiger partial charge in [-0.05, 0) is 31.8 Å². The molecule has 0 radical (unpaired) electrons. The lowest BCUT2D eigenvalue weighted by atomic mass is 10.1. The van der Waals surface area contributed by atoms with Crippen molar-refractivity contribution in [2.24, 2.45) is 5.92 Å². The van der Waals surface area contributed by atoms with Crippen LogP contribution in [0.1, 0.15) is 46.0 Å². The molecule has 1 aliphatic heterocycles. The third-order valence-corrected chi connectivity index (χ3v) is 3.51. The van der Waals surface area contributed by atoms with Crippen molar-refractivity contribution < 1.29 is 0 Å². The van der Waals surface area contributed by atoms with Crippen LogP contribution in [-0.4, -0.2) is 37.6 Å². The fourth-order valence-electron chi connectivity index (χ4n) is 2.31. The van der Waals surface area contributed by atoms with Crippen LogP contribution in [0.2, 0.25) is 0 Å². The average molecular weight is 212 g/mol. The first kappa shape index (κ1) is 13.0. The quantitative estimate of drug-likeness (QED) is 0.622. The maximum Gasteiger partial charge on any atom is 0.0107 e. The van der Waals surface area contributed by atoms with Crippen LogP contribution in [-0.2, 0) is 0 Å². The highest BCUT2D eigenvalue weighted by Crippen LogP contribution is 2.17. The highest BCUT2D eigenvalue weighted by atomic mass is 15.2. The van der Waals surface area contributed by atoms with Crippen molar-refractivity contribution in [3.8, 4) is 0 Å². The predicted octanol–water partition coefficient (Wildman–Crippen LogP) is 2.50. The Bertz CT molecular complexity index is 147. The van der Waals surface area contributed by atoms with Crippen molar-refractivity contribution in [1.29, 1.82) is 0 Å². The number of nitrogens with zero attached hydrogens (tertiary/aromatic N) is 1. The van der Waals surface area contributed by atoms with Gasteiger partial charge in [0.1, 0.15) is 0 Å². The number of nitrogens with one attached hydrogen (secondary N) is 1. The Morgan fingerprint density at radius 3 is 2.73 bits per heavy atom. The van der Waals surface area contributed by atoms with E-state index in [0.29, 0.717) is 0 Å². The number of rotatable bonds is 8. The molecule has 1 saturated heterocycles. The van der Waals surface area contributed by atoms with Crippen LogP contribution in [0.4, 0.5) is 0 Å². The lowest BCUT2D eigenvalue weighted by Gasteiger charge is -2.15. The molecular formula is C13H28N2. The lowest BCUT2D eigenvalue weighted by Crippen LogP contribution is -2.31. The van der Waals surface area contributed by atoms with Crippen molar-refractivity contribution in [3.63, 3.8) is 0 Å². The van der Waals surface area contributed by atoms with Gasteiger partial charge in [-0.1, -0.05) is 33.1 Å². The molecule has 0 saturated carbocycles. The van der Waals surface area contributed by atoms with Crippen LogP contribution >= 0.6 is 0 Å². The average Bonchev–Trinajstić information content (AvgIpc) is 2.71. The first-order valence-electron chi connectivity index (χ1n) is 6.79. The summed E-state index contributed by atoms with van der Waals surface area (Å²) in [5.74, 6) is 0.977. The summed E-state index contributed by atoms with van der Waals surface area (Å²) in [6.45, 7) is 10.9. The molecule has 0 aromatic carbocycles. The van der Waals surface area contributed by atoms with Crippen LogP contribution in [0, 0.1) is 5.92 Å². The van der Waals surface area contributed by atoms with Gasteiger partial charge in [0.05, 0.1) is 0 Å². The van der Waals surface area contributed by atoms with E-state index in [1.807, 2.05) is 0 Å². The molecule has 1 aliphatic rings. The third-order valence-electron chi connectivity index (χ3n) is 3.51. The topological polar surface area (TPSA) is 15.3 Å². The molecule has 1 rings (SSSR count). The van der Waals surface area contributed by atoms with Crippen molar-refractivity contribution >= 4 is 0 Å². The van der Waals surface area contributed by atoms with Gasteiger partial charge in [-0.15, -0.1) is 0 Å². The van der Waals surface area contributed by atoms with Gasteiger partial charge in [0.25, 0.3) is 0 Å². The molecular weight excluding hydrogens is 184 g/mol. The summed E-state index contributed by atoms with van der Waals surface area (Å²) in [6, 6.07) is 0. The number of unbranched alkanes of at least 4 members (excludes halogenated alkanes) is 2. The summed E-state index contributed by atoms with van der Waals surface area (Å²) >= 11 is 0. The Morgan fingerprint density at radius 2 is 2.07 bits per heavy atom. The minimum Gasteiger partial charge on any atom is -0.315 e. The summed E-state index contributed by atoms with van der Waals surface area (Å²) in [5.41, 5.74) is 0. The summed E-state index contributed by atoms with van der Waals surface area (Å²) in [4.78, 5) is 2.61. The monoisotopic (exact) mass is 212 g/mol. The Kier molecular flexibility index (Phi) is 7.03. The SMILES string of the molecule is CCCCCNCCN1CCC(CC)C1. The van der Waals surface area contributed by atoms with Gasteiger partial charge in [-0.3, -0.25) is 0 Å². The van der Waals surface area contributed by atoms with E-state index in [9.17, 15) is 0 Å². The summed E-state index contributed by atoms with van der Waals surface area (Å²) in [6.07, 6.45) is 6.82. The standard InChI is InChI=1S/C13H28N2/c1-3-5-6-8-14-9-11-15-10-7-13(4-2)12-15/h13-14H,3-12H2,1-2H3. The molecule has 0 aromatic heterocycles. The van der Waals surface area contributed by atoms with Gasteiger partial charge in [0, 0.05) is 19.6 Å². The summed E-state index contributed by atoms with van der Waals surface area (Å²) in [7, 11) is 0. The van der Waals surface area contributed by atoms with Crippen molar-refractivity contribution in [3.05, 3.63) is 0 Å². The van der Waals surface area contributed by atoms with Crippen LogP contribution in [0.5, 0.6) is 0 Å². The van der Waals surface area contributed by atoms with Crippen molar-refractivity contribution in [2.45, 2.75) is 46.0 Å². The highest BCUT2D eigenvalue weighted by molar-refractivity contribution is 4.74. The van der Waals surface area contributed by atoms with E-state index >= 15 is 0 Å². The molecule has 0 aromatic rings. The second-order valence-electron chi connectivity index (χ2n) is 4.82. The van der Waals surface area contributed by atoms with Crippen LogP contribution < -0.4 is 5.32 Å². The summed E-state index contributed by atoms with van der Waals surface area (Å²) in [5, 5.41) is 3.54. The fourth-order valence-corrected chi connectivity index (χ4v) is 2.31. The van der Waals surface area contributed by atoms with E-state index in [1.165, 1.54) is 64.8 Å². The van der Waals surface area contributed by atoms with Crippen LogP contribution in [0.25, 0.3) is 0 Å². The van der Waals surface area contributed by atoms with Gasteiger partial charge in [-0.2, -0.15) is 0 Å². The number of hydrogen-bond acceptors (Lipinski definition) is 2. The molecule has 1 fully saturated rings. The Labute approximate surface area is 95.4 Å². The molecule has 15 heavy (non-hydrogen) atoms. The Morgan fingerprint density at radius 1 is 1.20 bits per heavy atom. The van der Waals surface area contributed by atoms with Crippen molar-refractivity contribution in [1.82, 2.24) is 10.2 Å². The van der Waals surface area contributed by atoms with E-state index in [2.05, 4.69) is 24.1 Å². The van der Waals surface area contributed by atoms with Crippen LogP contribution in [0.15, 0.2) is 0 Å². The van der Waals surface area contributed by atoms with Gasteiger partial charge in [0.15, 0.2) is 0 Å². The molecule has 1 unspecified atom stereocenters. The zero-order chi connectivity index (χ0) is 10.9. The van der Waals surface area contributed by atoms with E-state index in [-0.39, 0.29) is 0 Å². The maximum atomic E-state index is 3.54. The molecule has 0 aliphatic carbocycles. The van der Waals surface area contributed by atoms with Gasteiger partial charge in [0.2, 0.25) is 0 Å². The van der Waals surface area contributed by atoms with E-state index in [1.54, 1.807) is 0 Å². The molecule has 1 atom stereocenters. The van der Waals surface area contributed by atoms with Crippen molar-refractivity contribution in [2.75, 3.05) is 32.7 Å². The van der Waals surface area contributed by atoms with Crippen LogP contribution in [0.3, 0.4) is 0 Å². The first-order valence-corrected chi connectivity index (χ1v) is 6.79. The molecule has 90 valence electrons. The third kappa shape index (κ3) is 5.53. The minimum absolute atomic E-state index is 0.977. The van der Waals surface area contributed by atoms with Gasteiger partial charge in [-0.25, -0.2) is 0 Å². The smallest absolute Gasteiger partial charge is 0.0107 e. The second kappa shape index (κ2) is 8.12. The maximum absolute atomic E-state index is 3.54. The summed E-state index contributed by atoms with van der Waals surface area (Å²) < 4.78 is 0. The molecule has 1 heterocycles. The zero-order valence-electron chi connectivity index (χ0n) is 10.6. The lowest BCUT2D eigenvalue weighted by molar-refractivity contribution is 0.320. The Balaban J connectivity index is 1.88. The molecule has 2 heteroatoms. The van der Waals surface area contributed by atoms with Gasteiger partial charge < -0.3 is 10.2 Å². The van der Waals surface area contributed by atoms with E-state index < -0.39 is 0 Å². The van der Waals surface area contributed by atoms with E-state index in [0.717, 1.165) is 5.92 Å². The Hall–Kier alpha value is -0.0800. The number of hydrogen-bond donors (Lipinski definition) is 1. The normalized spacial score (nSPS) is 22.4. The number of likely N-dealkylation sites (tertiary alicyclic amines) is 1. The van der Waals surface area contributed by atoms with E-state index in [4.69, 9.17) is 0 Å². The molecule has 0 spiro atoms. The zero-order valence-corrected chi connectivity index (χ0v) is 10.6. The minimum atomic E-state index is 0.977. The highest BCUT2D eigenvalue weighted by Gasteiger charge is 2.19. The molecule has 1 N–H and O–H groups in total. The second-order valence-corrected chi connectivity index (χ2v) is 4.82. The fraction of sp³-hybridized carbons (Fsp3) is 1.00. The molecule has 2 nitrogen and oxygen atoms in total. The largest absolute Gasteiger partial charge is 0.315 e. The molecule has 0 amide bonds.